The number of rotatable bonds is 5. The molecule has 0 unspecified atom stereocenters. The monoisotopic (exact) mass is 212 g/mol. The Labute approximate surface area is 86.7 Å². The number of nitro benzene ring substituents is 1. The van der Waals surface area contributed by atoms with Gasteiger partial charge in [-0.05, 0) is 12.1 Å². The first kappa shape index (κ1) is 11.4. The molecule has 2 N–H and O–H groups in total. The molecule has 6 heteroatoms. The second-order valence-electron chi connectivity index (χ2n) is 2.87. The topological polar surface area (TPSA) is 87.6 Å². The number of hydrogen-bond acceptors (Lipinski definition) is 5. The Hall–Kier alpha value is -1.66. The molecule has 0 aliphatic heterocycles. The molecule has 6 nitrogen and oxygen atoms in total. The maximum atomic E-state index is 10.7. The molecule has 0 atom stereocenters. The highest BCUT2D eigenvalue weighted by Gasteiger charge is 2.13. The van der Waals surface area contributed by atoms with E-state index in [1.54, 1.807) is 12.1 Å². The van der Waals surface area contributed by atoms with Crippen molar-refractivity contribution >= 4 is 5.69 Å². The molecule has 0 saturated carbocycles. The summed E-state index contributed by atoms with van der Waals surface area (Å²) in [6.45, 7) is 0.230. The van der Waals surface area contributed by atoms with Gasteiger partial charge in [-0.25, -0.2) is 5.90 Å². The molecule has 82 valence electrons. The lowest BCUT2D eigenvalue weighted by Crippen LogP contribution is -2.05. The standard InChI is InChI=1S/C9H12N2O4/c1-14-8-2-3-9(11(12)13)7(6-8)4-5-15-10/h2-3,6H,4-5,10H2,1H3. The molecule has 0 spiro atoms. The Morgan fingerprint density at radius 3 is 2.80 bits per heavy atom. The van der Waals surface area contributed by atoms with Crippen LogP contribution in [0.15, 0.2) is 18.2 Å². The molecule has 0 amide bonds. The summed E-state index contributed by atoms with van der Waals surface area (Å²) in [5, 5.41) is 10.7. The van der Waals surface area contributed by atoms with Crippen LogP contribution in [-0.2, 0) is 11.3 Å². The number of nitrogens with two attached hydrogens (primary N) is 1. The Morgan fingerprint density at radius 2 is 2.27 bits per heavy atom. The molecule has 0 aromatic heterocycles. The van der Waals surface area contributed by atoms with Crippen LogP contribution >= 0.6 is 0 Å². The Kier molecular flexibility index (Phi) is 4.02. The van der Waals surface area contributed by atoms with Crippen molar-refractivity contribution in [1.82, 2.24) is 0 Å². The number of benzene rings is 1. The molecule has 0 aliphatic carbocycles. The van der Waals surface area contributed by atoms with E-state index in [1.807, 2.05) is 0 Å². The minimum Gasteiger partial charge on any atom is -0.497 e. The fraction of sp³-hybridized carbons (Fsp3) is 0.333. The molecule has 0 radical (unpaired) electrons. The van der Waals surface area contributed by atoms with Gasteiger partial charge in [0.1, 0.15) is 5.75 Å². The number of methoxy groups -OCH3 is 1. The fourth-order valence-electron chi connectivity index (χ4n) is 1.24. The molecule has 1 aromatic rings. The van der Waals surface area contributed by atoms with Gasteiger partial charge in [-0.15, -0.1) is 0 Å². The zero-order valence-corrected chi connectivity index (χ0v) is 8.30. The van der Waals surface area contributed by atoms with E-state index in [2.05, 4.69) is 4.84 Å². The van der Waals surface area contributed by atoms with Crippen LogP contribution in [0.5, 0.6) is 5.75 Å². The highest BCUT2D eigenvalue weighted by Crippen LogP contribution is 2.24. The smallest absolute Gasteiger partial charge is 0.272 e. The maximum absolute atomic E-state index is 10.7. The average molecular weight is 212 g/mol. The van der Waals surface area contributed by atoms with Crippen molar-refractivity contribution < 1.29 is 14.5 Å². The summed E-state index contributed by atoms with van der Waals surface area (Å²) >= 11 is 0. The fourth-order valence-corrected chi connectivity index (χ4v) is 1.24. The number of nitrogens with zero attached hydrogens (tertiary/aromatic N) is 1. The summed E-state index contributed by atoms with van der Waals surface area (Å²) in [6.07, 6.45) is 0.379. The van der Waals surface area contributed by atoms with Crippen molar-refractivity contribution in [1.29, 1.82) is 0 Å². The number of nitro groups is 1. The molecule has 0 bridgehead atoms. The van der Waals surface area contributed by atoms with Crippen LogP contribution in [0.4, 0.5) is 5.69 Å². The third kappa shape index (κ3) is 2.90. The zero-order valence-electron chi connectivity index (χ0n) is 8.30. The first-order valence-corrected chi connectivity index (χ1v) is 4.32. The van der Waals surface area contributed by atoms with E-state index < -0.39 is 4.92 Å². The van der Waals surface area contributed by atoms with Crippen molar-refractivity contribution in [3.05, 3.63) is 33.9 Å². The van der Waals surface area contributed by atoms with Gasteiger partial charge in [0.05, 0.1) is 18.6 Å². The van der Waals surface area contributed by atoms with E-state index in [0.29, 0.717) is 17.7 Å². The molecule has 15 heavy (non-hydrogen) atoms. The van der Waals surface area contributed by atoms with Crippen LogP contribution in [0.3, 0.4) is 0 Å². The maximum Gasteiger partial charge on any atom is 0.272 e. The summed E-state index contributed by atoms with van der Waals surface area (Å²) in [6, 6.07) is 4.56. The van der Waals surface area contributed by atoms with E-state index in [-0.39, 0.29) is 12.3 Å². The van der Waals surface area contributed by atoms with Crippen LogP contribution < -0.4 is 10.6 Å². The third-order valence-corrected chi connectivity index (χ3v) is 1.97. The van der Waals surface area contributed by atoms with E-state index in [0.717, 1.165) is 0 Å². The van der Waals surface area contributed by atoms with Gasteiger partial charge in [-0.3, -0.25) is 10.1 Å². The largest absolute Gasteiger partial charge is 0.497 e. The van der Waals surface area contributed by atoms with Gasteiger partial charge in [-0.2, -0.15) is 0 Å². The number of ether oxygens (including phenoxy) is 1. The summed E-state index contributed by atoms with van der Waals surface area (Å²) in [5.74, 6) is 5.45. The van der Waals surface area contributed by atoms with Crippen molar-refractivity contribution in [3.8, 4) is 5.75 Å². The quantitative estimate of drug-likeness (QED) is 0.581. The molecule has 1 rings (SSSR count). The molecular formula is C9H12N2O4. The minimum absolute atomic E-state index is 0.0489. The second kappa shape index (κ2) is 5.28. The number of hydrogen-bond donors (Lipinski definition) is 1. The van der Waals surface area contributed by atoms with Gasteiger partial charge < -0.3 is 9.57 Å². The summed E-state index contributed by atoms with van der Waals surface area (Å²) in [4.78, 5) is 14.6. The van der Waals surface area contributed by atoms with Crippen molar-refractivity contribution in [3.63, 3.8) is 0 Å². The Balaban J connectivity index is 2.99. The lowest BCUT2D eigenvalue weighted by molar-refractivity contribution is -0.385. The highest BCUT2D eigenvalue weighted by atomic mass is 16.6. The van der Waals surface area contributed by atoms with Crippen LogP contribution in [0, 0.1) is 10.1 Å². The summed E-state index contributed by atoms with van der Waals surface area (Å²) < 4.78 is 4.97. The predicted molar refractivity (Wildman–Crippen MR) is 53.5 cm³/mol. The average Bonchev–Trinajstić information content (AvgIpc) is 2.25. The van der Waals surface area contributed by atoms with Gasteiger partial charge in [0.2, 0.25) is 0 Å². The molecular weight excluding hydrogens is 200 g/mol. The first-order chi connectivity index (χ1) is 7.19. The van der Waals surface area contributed by atoms with E-state index >= 15 is 0 Å². The predicted octanol–water partition coefficient (Wildman–Crippen LogP) is 1.04. The zero-order chi connectivity index (χ0) is 11.3. The lowest BCUT2D eigenvalue weighted by Gasteiger charge is -2.04. The normalized spacial score (nSPS) is 10.0. The van der Waals surface area contributed by atoms with Crippen LogP contribution in [0.2, 0.25) is 0 Å². The highest BCUT2D eigenvalue weighted by molar-refractivity contribution is 5.45. The van der Waals surface area contributed by atoms with Gasteiger partial charge >= 0.3 is 0 Å². The van der Waals surface area contributed by atoms with Crippen molar-refractivity contribution in [2.24, 2.45) is 5.90 Å². The van der Waals surface area contributed by atoms with Crippen molar-refractivity contribution in [2.45, 2.75) is 6.42 Å². The van der Waals surface area contributed by atoms with Crippen LogP contribution in [0.25, 0.3) is 0 Å². The van der Waals surface area contributed by atoms with Gasteiger partial charge in [0.15, 0.2) is 0 Å². The van der Waals surface area contributed by atoms with Crippen molar-refractivity contribution in [2.75, 3.05) is 13.7 Å². The molecule has 0 saturated heterocycles. The lowest BCUT2D eigenvalue weighted by atomic mass is 10.1. The second-order valence-corrected chi connectivity index (χ2v) is 2.87. The SMILES string of the molecule is COc1ccc([N+](=O)[O-])c(CCON)c1. The van der Waals surface area contributed by atoms with E-state index in [1.165, 1.54) is 13.2 Å². The Bertz CT molecular complexity index is 354. The first-order valence-electron chi connectivity index (χ1n) is 4.32. The van der Waals surface area contributed by atoms with Crippen LogP contribution in [0.1, 0.15) is 5.56 Å². The Morgan fingerprint density at radius 1 is 1.53 bits per heavy atom. The molecule has 0 fully saturated rings. The minimum atomic E-state index is -0.439. The molecule has 1 aromatic carbocycles. The van der Waals surface area contributed by atoms with E-state index in [4.69, 9.17) is 10.6 Å². The summed E-state index contributed by atoms with van der Waals surface area (Å²) in [7, 11) is 1.50. The summed E-state index contributed by atoms with van der Waals surface area (Å²) in [5.41, 5.74) is 0.595. The van der Waals surface area contributed by atoms with Gasteiger partial charge in [0, 0.05) is 18.1 Å². The van der Waals surface area contributed by atoms with Gasteiger partial charge in [-0.1, -0.05) is 0 Å². The molecule has 0 aliphatic rings. The van der Waals surface area contributed by atoms with E-state index in [9.17, 15) is 10.1 Å². The molecule has 0 heterocycles. The van der Waals surface area contributed by atoms with Gasteiger partial charge in [0.25, 0.3) is 5.69 Å². The third-order valence-electron chi connectivity index (χ3n) is 1.97. The van der Waals surface area contributed by atoms with Crippen LogP contribution in [-0.4, -0.2) is 18.6 Å².